The second-order valence-electron chi connectivity index (χ2n) is 4.44. The van der Waals surface area contributed by atoms with E-state index < -0.39 is 0 Å². The first-order valence-corrected chi connectivity index (χ1v) is 6.61. The smallest absolute Gasteiger partial charge is 0.0776 e. The van der Waals surface area contributed by atoms with Crippen molar-refractivity contribution in [2.24, 2.45) is 0 Å². The van der Waals surface area contributed by atoms with E-state index in [0.29, 0.717) is 13.2 Å². The molecule has 3 heteroatoms. The Labute approximate surface area is 101 Å². The Morgan fingerprint density at radius 2 is 1.75 bits per heavy atom. The summed E-state index contributed by atoms with van der Waals surface area (Å²) in [4.78, 5) is 0. The van der Waals surface area contributed by atoms with Crippen molar-refractivity contribution in [3.8, 4) is 0 Å². The van der Waals surface area contributed by atoms with Crippen molar-refractivity contribution in [1.82, 2.24) is 5.32 Å². The molecule has 0 heterocycles. The average Bonchev–Trinajstić information content (AvgIpc) is 2.29. The first-order chi connectivity index (χ1) is 7.68. The van der Waals surface area contributed by atoms with Gasteiger partial charge in [0.15, 0.2) is 0 Å². The van der Waals surface area contributed by atoms with E-state index >= 15 is 0 Å². The summed E-state index contributed by atoms with van der Waals surface area (Å²) in [5.74, 6) is 0. The van der Waals surface area contributed by atoms with E-state index in [-0.39, 0.29) is 5.60 Å². The molecule has 0 aliphatic heterocycles. The van der Waals surface area contributed by atoms with Crippen LogP contribution in [0.25, 0.3) is 0 Å². The minimum absolute atomic E-state index is 0.0508. The molecule has 98 valence electrons. The Hall–Kier alpha value is -0.120. The molecule has 0 aromatic carbocycles. The molecular weight excluding hydrogens is 202 g/mol. The zero-order valence-corrected chi connectivity index (χ0v) is 11.5. The van der Waals surface area contributed by atoms with Crippen LogP contribution in [0.1, 0.15) is 47.0 Å². The van der Waals surface area contributed by atoms with E-state index in [1.165, 1.54) is 6.42 Å². The molecule has 1 unspecified atom stereocenters. The number of hydrogen-bond acceptors (Lipinski definition) is 3. The van der Waals surface area contributed by atoms with Crippen LogP contribution in [0, 0.1) is 0 Å². The molecule has 0 saturated heterocycles. The van der Waals surface area contributed by atoms with Crippen molar-refractivity contribution in [3.63, 3.8) is 0 Å². The molecule has 0 aromatic heterocycles. The Morgan fingerprint density at radius 3 is 2.31 bits per heavy atom. The van der Waals surface area contributed by atoms with Gasteiger partial charge in [0, 0.05) is 13.2 Å². The van der Waals surface area contributed by atoms with E-state index in [2.05, 4.69) is 33.0 Å². The van der Waals surface area contributed by atoms with Gasteiger partial charge in [-0.25, -0.2) is 0 Å². The molecule has 0 saturated carbocycles. The van der Waals surface area contributed by atoms with Gasteiger partial charge in [-0.1, -0.05) is 20.8 Å². The fourth-order valence-electron chi connectivity index (χ4n) is 1.40. The van der Waals surface area contributed by atoms with Gasteiger partial charge in [-0.2, -0.15) is 0 Å². The van der Waals surface area contributed by atoms with Gasteiger partial charge in [0.25, 0.3) is 0 Å². The van der Waals surface area contributed by atoms with Gasteiger partial charge in [0.1, 0.15) is 0 Å². The monoisotopic (exact) mass is 231 g/mol. The highest BCUT2D eigenvalue weighted by molar-refractivity contribution is 4.76. The van der Waals surface area contributed by atoms with Crippen LogP contribution >= 0.6 is 0 Å². The van der Waals surface area contributed by atoms with Gasteiger partial charge in [0.05, 0.1) is 18.8 Å². The molecule has 0 aliphatic carbocycles. The molecule has 0 radical (unpaired) electrons. The van der Waals surface area contributed by atoms with Crippen LogP contribution in [0.2, 0.25) is 0 Å². The second-order valence-corrected chi connectivity index (χ2v) is 4.44. The lowest BCUT2D eigenvalue weighted by Crippen LogP contribution is -2.41. The minimum Gasteiger partial charge on any atom is -0.379 e. The quantitative estimate of drug-likeness (QED) is 0.554. The van der Waals surface area contributed by atoms with E-state index in [1.54, 1.807) is 0 Å². The fraction of sp³-hybridized carbons (Fsp3) is 1.00. The molecule has 0 aromatic rings. The SMILES string of the molecule is CCCNCC(C)(CC)OCCOCCC. The van der Waals surface area contributed by atoms with E-state index in [4.69, 9.17) is 9.47 Å². The van der Waals surface area contributed by atoms with Crippen LogP contribution in [0.15, 0.2) is 0 Å². The summed E-state index contributed by atoms with van der Waals surface area (Å²) in [7, 11) is 0. The zero-order valence-electron chi connectivity index (χ0n) is 11.5. The summed E-state index contributed by atoms with van der Waals surface area (Å²) in [6, 6.07) is 0. The predicted molar refractivity (Wildman–Crippen MR) is 68.9 cm³/mol. The van der Waals surface area contributed by atoms with E-state index in [0.717, 1.165) is 32.5 Å². The van der Waals surface area contributed by atoms with Gasteiger partial charge >= 0.3 is 0 Å². The predicted octanol–water partition coefficient (Wildman–Crippen LogP) is 2.60. The highest BCUT2D eigenvalue weighted by atomic mass is 16.5. The molecule has 0 aliphatic rings. The summed E-state index contributed by atoms with van der Waals surface area (Å²) in [6.07, 6.45) is 3.26. The Balaban J connectivity index is 3.61. The maximum absolute atomic E-state index is 5.88. The van der Waals surface area contributed by atoms with Crippen molar-refractivity contribution >= 4 is 0 Å². The van der Waals surface area contributed by atoms with Gasteiger partial charge in [-0.15, -0.1) is 0 Å². The molecule has 1 atom stereocenters. The van der Waals surface area contributed by atoms with Crippen LogP contribution in [0.4, 0.5) is 0 Å². The van der Waals surface area contributed by atoms with Crippen LogP contribution in [-0.2, 0) is 9.47 Å². The van der Waals surface area contributed by atoms with Crippen LogP contribution < -0.4 is 5.32 Å². The maximum Gasteiger partial charge on any atom is 0.0776 e. The van der Waals surface area contributed by atoms with Crippen molar-refractivity contribution in [3.05, 3.63) is 0 Å². The second kappa shape index (κ2) is 10.1. The average molecular weight is 231 g/mol. The molecule has 0 spiro atoms. The maximum atomic E-state index is 5.88. The number of rotatable bonds is 11. The standard InChI is InChI=1S/C13H29NO2/c1-5-8-14-12-13(4,7-3)16-11-10-15-9-6-2/h14H,5-12H2,1-4H3. The number of hydrogen-bond donors (Lipinski definition) is 1. The van der Waals surface area contributed by atoms with Gasteiger partial charge in [-0.05, 0) is 32.7 Å². The Kier molecular flexibility index (Phi) is 9.99. The molecule has 16 heavy (non-hydrogen) atoms. The third-order valence-electron chi connectivity index (χ3n) is 2.70. The topological polar surface area (TPSA) is 30.5 Å². The van der Waals surface area contributed by atoms with Crippen molar-refractivity contribution < 1.29 is 9.47 Å². The van der Waals surface area contributed by atoms with Gasteiger partial charge in [0.2, 0.25) is 0 Å². The summed E-state index contributed by atoms with van der Waals surface area (Å²) in [5.41, 5.74) is -0.0508. The number of ether oxygens (including phenoxy) is 2. The van der Waals surface area contributed by atoms with Crippen LogP contribution in [0.3, 0.4) is 0 Å². The first kappa shape index (κ1) is 15.9. The zero-order chi connectivity index (χ0) is 12.3. The lowest BCUT2D eigenvalue weighted by Gasteiger charge is -2.29. The molecule has 0 rings (SSSR count). The first-order valence-electron chi connectivity index (χ1n) is 6.61. The van der Waals surface area contributed by atoms with Crippen LogP contribution in [0.5, 0.6) is 0 Å². The van der Waals surface area contributed by atoms with Crippen LogP contribution in [-0.4, -0.2) is 38.5 Å². The largest absolute Gasteiger partial charge is 0.379 e. The van der Waals surface area contributed by atoms with Crippen molar-refractivity contribution in [2.45, 2.75) is 52.6 Å². The molecule has 1 N–H and O–H groups in total. The normalized spacial score (nSPS) is 15.0. The third-order valence-corrected chi connectivity index (χ3v) is 2.70. The van der Waals surface area contributed by atoms with Gasteiger partial charge < -0.3 is 14.8 Å². The highest BCUT2D eigenvalue weighted by Crippen LogP contribution is 2.13. The Morgan fingerprint density at radius 1 is 1.00 bits per heavy atom. The van der Waals surface area contributed by atoms with Crippen molar-refractivity contribution in [2.75, 3.05) is 32.9 Å². The third kappa shape index (κ3) is 8.08. The summed E-state index contributed by atoms with van der Waals surface area (Å²) in [6.45, 7) is 12.8. The molecule has 0 fully saturated rings. The molecule has 0 amide bonds. The van der Waals surface area contributed by atoms with E-state index in [1.807, 2.05) is 0 Å². The Bertz CT molecular complexity index is 153. The fourth-order valence-corrected chi connectivity index (χ4v) is 1.40. The van der Waals surface area contributed by atoms with Crippen molar-refractivity contribution in [1.29, 1.82) is 0 Å². The lowest BCUT2D eigenvalue weighted by molar-refractivity contribution is -0.0574. The molecule has 3 nitrogen and oxygen atoms in total. The number of nitrogens with one attached hydrogen (secondary N) is 1. The highest BCUT2D eigenvalue weighted by Gasteiger charge is 2.21. The van der Waals surface area contributed by atoms with Gasteiger partial charge in [-0.3, -0.25) is 0 Å². The summed E-state index contributed by atoms with van der Waals surface area (Å²) < 4.78 is 11.3. The lowest BCUT2D eigenvalue weighted by atomic mass is 10.0. The molecule has 0 bridgehead atoms. The molecular formula is C13H29NO2. The summed E-state index contributed by atoms with van der Waals surface area (Å²) in [5, 5.41) is 3.41. The minimum atomic E-state index is -0.0508. The van der Waals surface area contributed by atoms with E-state index in [9.17, 15) is 0 Å². The summed E-state index contributed by atoms with van der Waals surface area (Å²) >= 11 is 0.